The summed E-state index contributed by atoms with van der Waals surface area (Å²) in [5, 5.41) is 0.865. The molecule has 0 aromatic carbocycles. The molecule has 1 saturated carbocycles. The maximum atomic E-state index is 11.7. The molecule has 2 aliphatic rings. The monoisotopic (exact) mass is 236 g/mol. The Hall–Kier alpha value is -1.23. The summed E-state index contributed by atoms with van der Waals surface area (Å²) in [7, 11) is 0. The van der Waals surface area contributed by atoms with Crippen molar-refractivity contribution < 1.29 is 9.21 Å². The molecule has 0 atom stereocenters. The van der Waals surface area contributed by atoms with Crippen LogP contribution in [0, 0.1) is 0 Å². The van der Waals surface area contributed by atoms with Crippen LogP contribution in [0.25, 0.3) is 0 Å². The van der Waals surface area contributed by atoms with Gasteiger partial charge in [-0.1, -0.05) is 11.8 Å². The molecule has 0 N–H and O–H groups in total. The van der Waals surface area contributed by atoms with Gasteiger partial charge >= 0.3 is 0 Å². The Balaban J connectivity index is 1.77. The van der Waals surface area contributed by atoms with E-state index in [2.05, 4.69) is 4.99 Å². The number of thioether (sulfide) groups is 1. The molecule has 1 aliphatic heterocycles. The van der Waals surface area contributed by atoms with Gasteiger partial charge in [0.05, 0.1) is 24.6 Å². The van der Waals surface area contributed by atoms with Crippen LogP contribution in [0.4, 0.5) is 0 Å². The molecule has 2 heterocycles. The average Bonchev–Trinajstić information content (AvgIpc) is 2.82. The molecule has 1 aromatic rings. The molecule has 1 saturated heterocycles. The summed E-state index contributed by atoms with van der Waals surface area (Å²) < 4.78 is 5.25. The first kappa shape index (κ1) is 9.96. The zero-order valence-electron chi connectivity index (χ0n) is 8.76. The minimum Gasteiger partial charge on any atom is -0.467 e. The highest BCUT2D eigenvalue weighted by molar-refractivity contribution is 8.15. The number of amidine groups is 1. The maximum absolute atomic E-state index is 11.7. The standard InChI is InChI=1S/C11H12N2O2S/c14-10-7-16-11(12-8-3-4-8)13(10)6-9-2-1-5-15-9/h1-2,5,8H,3-4,6-7H2. The summed E-state index contributed by atoms with van der Waals surface area (Å²) in [6.45, 7) is 0.504. The Morgan fingerprint density at radius 2 is 2.44 bits per heavy atom. The van der Waals surface area contributed by atoms with E-state index in [1.54, 1.807) is 11.2 Å². The number of hydrogen-bond donors (Lipinski definition) is 0. The van der Waals surface area contributed by atoms with Gasteiger partial charge in [0, 0.05) is 0 Å². The van der Waals surface area contributed by atoms with Gasteiger partial charge in [-0.15, -0.1) is 0 Å². The van der Waals surface area contributed by atoms with Crippen LogP contribution in [0.5, 0.6) is 0 Å². The molecule has 2 fully saturated rings. The number of nitrogens with zero attached hydrogens (tertiary/aromatic N) is 2. The normalized spacial score (nSPS) is 23.4. The highest BCUT2D eigenvalue weighted by Crippen LogP contribution is 2.29. The van der Waals surface area contributed by atoms with Gasteiger partial charge in [0.1, 0.15) is 5.76 Å². The molecule has 1 amide bonds. The zero-order chi connectivity index (χ0) is 11.0. The molecular formula is C11H12N2O2S. The van der Waals surface area contributed by atoms with E-state index in [0.717, 1.165) is 23.8 Å². The third kappa shape index (κ3) is 2.00. The van der Waals surface area contributed by atoms with Crippen molar-refractivity contribution in [1.29, 1.82) is 0 Å². The van der Waals surface area contributed by atoms with Gasteiger partial charge in [-0.05, 0) is 25.0 Å². The highest BCUT2D eigenvalue weighted by atomic mass is 32.2. The maximum Gasteiger partial charge on any atom is 0.239 e. The molecule has 16 heavy (non-hydrogen) atoms. The molecule has 0 unspecified atom stereocenters. The van der Waals surface area contributed by atoms with Crippen molar-refractivity contribution in [2.45, 2.75) is 25.4 Å². The lowest BCUT2D eigenvalue weighted by atomic mass is 10.4. The number of carbonyl (C=O) groups is 1. The summed E-state index contributed by atoms with van der Waals surface area (Å²) in [5.41, 5.74) is 0. The smallest absolute Gasteiger partial charge is 0.239 e. The first-order chi connectivity index (χ1) is 7.83. The van der Waals surface area contributed by atoms with Gasteiger partial charge in [-0.2, -0.15) is 0 Å². The van der Waals surface area contributed by atoms with E-state index in [1.807, 2.05) is 12.1 Å². The summed E-state index contributed by atoms with van der Waals surface area (Å²) in [4.78, 5) is 18.0. The van der Waals surface area contributed by atoms with E-state index < -0.39 is 0 Å². The minimum absolute atomic E-state index is 0.126. The van der Waals surface area contributed by atoms with Crippen LogP contribution in [0.3, 0.4) is 0 Å². The summed E-state index contributed by atoms with van der Waals surface area (Å²) in [6, 6.07) is 4.17. The zero-order valence-corrected chi connectivity index (χ0v) is 9.57. The largest absolute Gasteiger partial charge is 0.467 e. The van der Waals surface area contributed by atoms with Crippen molar-refractivity contribution in [2.24, 2.45) is 4.99 Å². The molecule has 5 heteroatoms. The molecule has 0 spiro atoms. The molecule has 1 aromatic heterocycles. The van der Waals surface area contributed by atoms with E-state index in [-0.39, 0.29) is 5.91 Å². The lowest BCUT2D eigenvalue weighted by Gasteiger charge is -2.13. The third-order valence-electron chi connectivity index (χ3n) is 2.59. The molecule has 0 bridgehead atoms. The van der Waals surface area contributed by atoms with Gasteiger partial charge in [-0.3, -0.25) is 14.7 Å². The topological polar surface area (TPSA) is 45.8 Å². The van der Waals surface area contributed by atoms with Gasteiger partial charge in [0.25, 0.3) is 0 Å². The molecule has 1 aliphatic carbocycles. The molecule has 4 nitrogen and oxygen atoms in total. The number of hydrogen-bond acceptors (Lipinski definition) is 4. The molecule has 3 rings (SSSR count). The van der Waals surface area contributed by atoms with Gasteiger partial charge in [-0.25, -0.2) is 0 Å². The van der Waals surface area contributed by atoms with Crippen molar-refractivity contribution in [3.63, 3.8) is 0 Å². The predicted octanol–water partition coefficient (Wildman–Crippen LogP) is 1.87. The highest BCUT2D eigenvalue weighted by Gasteiger charge is 2.31. The fourth-order valence-electron chi connectivity index (χ4n) is 1.57. The number of amides is 1. The Labute approximate surface area is 97.7 Å². The van der Waals surface area contributed by atoms with Crippen molar-refractivity contribution in [3.05, 3.63) is 24.2 Å². The Bertz CT molecular complexity index is 423. The Kier molecular flexibility index (Phi) is 2.47. The first-order valence-electron chi connectivity index (χ1n) is 5.36. The van der Waals surface area contributed by atoms with E-state index >= 15 is 0 Å². The van der Waals surface area contributed by atoms with Crippen LogP contribution in [-0.2, 0) is 11.3 Å². The Morgan fingerprint density at radius 1 is 1.56 bits per heavy atom. The average molecular weight is 236 g/mol. The summed E-state index contributed by atoms with van der Waals surface area (Å²) in [5.74, 6) is 1.44. The van der Waals surface area contributed by atoms with Gasteiger partial charge in [0.15, 0.2) is 5.17 Å². The van der Waals surface area contributed by atoms with Crippen LogP contribution in [0.1, 0.15) is 18.6 Å². The van der Waals surface area contributed by atoms with Crippen LogP contribution in [0.2, 0.25) is 0 Å². The van der Waals surface area contributed by atoms with Crippen LogP contribution in [0.15, 0.2) is 27.8 Å². The lowest BCUT2D eigenvalue weighted by molar-refractivity contribution is -0.124. The minimum atomic E-state index is 0.126. The number of aliphatic imine (C=N–C) groups is 1. The van der Waals surface area contributed by atoms with E-state index in [0.29, 0.717) is 18.3 Å². The van der Waals surface area contributed by atoms with Crippen LogP contribution >= 0.6 is 11.8 Å². The fraction of sp³-hybridized carbons (Fsp3) is 0.455. The second kappa shape index (κ2) is 3.97. The van der Waals surface area contributed by atoms with Crippen LogP contribution < -0.4 is 0 Å². The van der Waals surface area contributed by atoms with Crippen molar-refractivity contribution >= 4 is 22.8 Å². The molecular weight excluding hydrogens is 224 g/mol. The van der Waals surface area contributed by atoms with Crippen molar-refractivity contribution in [2.75, 3.05) is 5.75 Å². The second-order valence-corrected chi connectivity index (χ2v) is 4.93. The molecule has 84 valence electrons. The molecule has 0 radical (unpaired) electrons. The van der Waals surface area contributed by atoms with Crippen molar-refractivity contribution in [3.8, 4) is 0 Å². The number of carbonyl (C=O) groups excluding carboxylic acids is 1. The predicted molar refractivity (Wildman–Crippen MR) is 62.2 cm³/mol. The van der Waals surface area contributed by atoms with E-state index in [1.165, 1.54) is 11.8 Å². The van der Waals surface area contributed by atoms with E-state index in [4.69, 9.17) is 4.42 Å². The number of furan rings is 1. The number of rotatable bonds is 3. The Morgan fingerprint density at radius 3 is 3.12 bits per heavy atom. The lowest BCUT2D eigenvalue weighted by Crippen LogP contribution is -2.29. The quantitative estimate of drug-likeness (QED) is 0.805. The third-order valence-corrected chi connectivity index (χ3v) is 3.57. The first-order valence-corrected chi connectivity index (χ1v) is 6.35. The second-order valence-electron chi connectivity index (χ2n) is 3.99. The van der Waals surface area contributed by atoms with Gasteiger partial charge < -0.3 is 4.42 Å². The van der Waals surface area contributed by atoms with Crippen molar-refractivity contribution in [1.82, 2.24) is 4.90 Å². The SMILES string of the molecule is O=C1CSC(=NC2CC2)N1Cc1ccco1. The van der Waals surface area contributed by atoms with Gasteiger partial charge in [0.2, 0.25) is 5.91 Å². The summed E-state index contributed by atoms with van der Waals surface area (Å²) in [6.07, 6.45) is 3.94. The van der Waals surface area contributed by atoms with Crippen LogP contribution in [-0.4, -0.2) is 27.8 Å². The summed E-state index contributed by atoms with van der Waals surface area (Å²) >= 11 is 1.53. The fourth-order valence-corrected chi connectivity index (χ4v) is 2.52. The van der Waals surface area contributed by atoms with E-state index in [9.17, 15) is 4.79 Å².